The van der Waals surface area contributed by atoms with Crippen molar-refractivity contribution in [2.75, 3.05) is 91.3 Å². The first-order valence-electron chi connectivity index (χ1n) is 24.4. The minimum absolute atomic E-state index is 0.0322. The predicted molar refractivity (Wildman–Crippen MR) is 267 cm³/mol. The second kappa shape index (κ2) is 29.1. The zero-order valence-electron chi connectivity index (χ0n) is 41.7. The Morgan fingerprint density at radius 3 is 2.03 bits per heavy atom. The molecule has 0 bridgehead atoms. The molecule has 5 N–H and O–H groups in total. The summed E-state index contributed by atoms with van der Waals surface area (Å²) >= 11 is 1.24. The lowest BCUT2D eigenvalue weighted by Crippen LogP contribution is -2.47. The van der Waals surface area contributed by atoms with E-state index in [4.69, 9.17) is 24.9 Å². The standard InChI is InChI=1S/C51H68F2N8O11S/c1-51(2,3)48(49-57-40(38-27-37(52)11-12-39(38)53)32-58(49)30-35-9-5-4-6-10-35)61(47(68)33-62)31-36(29-54)34-73-41-28-46(67)60(50(41)69)20-16-43(64)56-18-8-22-71-24-26-72-25-23-70-21-7-17-55-42(63)15-19-59-44(65)13-14-45(59)66/h4-6,9-14,27,32,36,41,48,62H,7-8,15-26,28-31,33-34,54H2,1-3H3,(H,55,63)(H,56,64)/t36?,41-,48+/m1/s1. The van der Waals surface area contributed by atoms with Gasteiger partial charge in [0.1, 0.15) is 24.1 Å². The summed E-state index contributed by atoms with van der Waals surface area (Å²) in [4.78, 5) is 96.3. The van der Waals surface area contributed by atoms with Crippen LogP contribution in [0.3, 0.4) is 0 Å². The number of carbonyl (C=O) groups excluding carboxylic acids is 7. The number of imidazole rings is 1. The molecule has 5 rings (SSSR count). The van der Waals surface area contributed by atoms with Crippen LogP contribution in [0.15, 0.2) is 66.9 Å². The summed E-state index contributed by atoms with van der Waals surface area (Å²) in [6, 6.07) is 11.8. The van der Waals surface area contributed by atoms with Gasteiger partial charge in [0.15, 0.2) is 0 Å². The van der Waals surface area contributed by atoms with E-state index >= 15 is 4.39 Å². The largest absolute Gasteiger partial charge is 0.387 e. The quantitative estimate of drug-likeness (QED) is 0.0519. The Balaban J connectivity index is 0.999. The summed E-state index contributed by atoms with van der Waals surface area (Å²) in [6.45, 7) is 8.22. The number of nitrogens with zero attached hydrogens (tertiary/aromatic N) is 5. The van der Waals surface area contributed by atoms with Gasteiger partial charge in [0.2, 0.25) is 29.5 Å². The normalized spacial score (nSPS) is 15.6. The molecule has 398 valence electrons. The molecule has 73 heavy (non-hydrogen) atoms. The van der Waals surface area contributed by atoms with Crippen molar-refractivity contribution in [2.24, 2.45) is 17.1 Å². The summed E-state index contributed by atoms with van der Waals surface area (Å²) < 4.78 is 47.9. The monoisotopic (exact) mass is 1040 g/mol. The summed E-state index contributed by atoms with van der Waals surface area (Å²) in [5, 5.41) is 15.1. The fraction of sp³-hybridized carbons (Fsp3) is 0.529. The van der Waals surface area contributed by atoms with E-state index in [1.54, 1.807) is 10.8 Å². The first-order valence-corrected chi connectivity index (χ1v) is 25.5. The van der Waals surface area contributed by atoms with Crippen molar-refractivity contribution in [1.82, 2.24) is 34.9 Å². The second-order valence-corrected chi connectivity index (χ2v) is 19.8. The molecule has 1 aromatic heterocycles. The van der Waals surface area contributed by atoms with Crippen LogP contribution < -0.4 is 16.4 Å². The topological polar surface area (TPSA) is 245 Å². The molecular formula is C51H68F2N8O11S. The number of benzene rings is 2. The Hall–Kier alpha value is -5.91. The first kappa shape index (κ1) is 58.0. The second-order valence-electron chi connectivity index (χ2n) is 18.6. The number of aromatic nitrogens is 2. The molecule has 0 radical (unpaired) electrons. The number of hydrogen-bond acceptors (Lipinski definition) is 14. The smallest absolute Gasteiger partial charge is 0.253 e. The van der Waals surface area contributed by atoms with Crippen molar-refractivity contribution in [3.05, 3.63) is 89.9 Å². The third-order valence-corrected chi connectivity index (χ3v) is 13.3. The van der Waals surface area contributed by atoms with Gasteiger partial charge in [-0.15, -0.1) is 11.8 Å². The van der Waals surface area contributed by atoms with Gasteiger partial charge in [-0.1, -0.05) is 51.1 Å². The SMILES string of the molecule is CC(C)(C)[C@H](c1nc(-c2cc(F)ccc2F)cn1Cc1ccccc1)N(CC(CN)CS[C@@H]1CC(=O)N(CCC(=O)NCCCOCCOCCOCCCNC(=O)CCN2C(=O)C=CC2=O)C1=O)C(=O)CO. The van der Waals surface area contributed by atoms with Crippen molar-refractivity contribution < 1.29 is 61.7 Å². The van der Waals surface area contributed by atoms with E-state index in [1.807, 2.05) is 51.1 Å². The van der Waals surface area contributed by atoms with Gasteiger partial charge in [-0.3, -0.25) is 43.4 Å². The molecule has 1 unspecified atom stereocenters. The number of rotatable bonds is 32. The molecule has 22 heteroatoms. The van der Waals surface area contributed by atoms with Gasteiger partial charge in [-0.25, -0.2) is 13.8 Å². The van der Waals surface area contributed by atoms with Gasteiger partial charge in [-0.2, -0.15) is 0 Å². The van der Waals surface area contributed by atoms with Crippen LogP contribution in [0.4, 0.5) is 8.78 Å². The van der Waals surface area contributed by atoms with Crippen molar-refractivity contribution >= 4 is 53.1 Å². The number of halogens is 2. The number of carbonyl (C=O) groups is 7. The molecule has 3 atom stereocenters. The number of aliphatic hydroxyl groups is 1. The van der Waals surface area contributed by atoms with E-state index in [1.165, 1.54) is 28.8 Å². The number of ether oxygens (including phenoxy) is 3. The summed E-state index contributed by atoms with van der Waals surface area (Å²) in [7, 11) is 0. The molecule has 3 heterocycles. The van der Waals surface area contributed by atoms with E-state index in [-0.39, 0.29) is 74.3 Å². The van der Waals surface area contributed by atoms with Crippen LogP contribution in [0.5, 0.6) is 0 Å². The Bertz CT molecular complexity index is 2370. The van der Waals surface area contributed by atoms with E-state index < -0.39 is 70.4 Å². The first-order chi connectivity index (χ1) is 35.0. The maximum atomic E-state index is 15.2. The number of amides is 7. The Kier molecular flexibility index (Phi) is 23.1. The maximum Gasteiger partial charge on any atom is 0.253 e. The fourth-order valence-corrected chi connectivity index (χ4v) is 9.44. The van der Waals surface area contributed by atoms with Crippen molar-refractivity contribution in [1.29, 1.82) is 0 Å². The van der Waals surface area contributed by atoms with Crippen molar-refractivity contribution in [3.63, 3.8) is 0 Å². The molecule has 2 aliphatic rings. The van der Waals surface area contributed by atoms with Gasteiger partial charge in [0.05, 0.1) is 43.4 Å². The molecule has 2 aliphatic heterocycles. The fourth-order valence-electron chi connectivity index (χ4n) is 8.16. The molecule has 1 fully saturated rings. The average molecular weight is 1040 g/mol. The number of nitrogens with one attached hydrogen (secondary N) is 2. The van der Waals surface area contributed by atoms with Gasteiger partial charge >= 0.3 is 0 Å². The summed E-state index contributed by atoms with van der Waals surface area (Å²) in [6.07, 6.45) is 4.99. The highest BCUT2D eigenvalue weighted by atomic mass is 32.2. The van der Waals surface area contributed by atoms with Crippen LogP contribution in [-0.4, -0.2) is 167 Å². The minimum Gasteiger partial charge on any atom is -0.387 e. The van der Waals surface area contributed by atoms with Crippen LogP contribution in [0.1, 0.15) is 70.3 Å². The molecule has 0 aliphatic carbocycles. The lowest BCUT2D eigenvalue weighted by Gasteiger charge is -2.41. The maximum absolute atomic E-state index is 15.2. The summed E-state index contributed by atoms with van der Waals surface area (Å²) in [5.74, 6) is -3.90. The van der Waals surface area contributed by atoms with E-state index in [0.717, 1.165) is 33.6 Å². The number of hydrogen-bond donors (Lipinski definition) is 4. The highest BCUT2D eigenvalue weighted by Gasteiger charge is 2.41. The molecule has 3 aromatic rings. The van der Waals surface area contributed by atoms with E-state index in [0.29, 0.717) is 77.9 Å². The predicted octanol–water partition coefficient (Wildman–Crippen LogP) is 2.99. The molecule has 7 amide bonds. The molecule has 1 saturated heterocycles. The average Bonchev–Trinajstić information content (AvgIpc) is 4.01. The van der Waals surface area contributed by atoms with Crippen LogP contribution in [0.25, 0.3) is 11.3 Å². The van der Waals surface area contributed by atoms with Crippen LogP contribution in [0.2, 0.25) is 0 Å². The van der Waals surface area contributed by atoms with E-state index in [9.17, 15) is 43.1 Å². The third-order valence-electron chi connectivity index (χ3n) is 11.9. The highest BCUT2D eigenvalue weighted by Crippen LogP contribution is 2.40. The van der Waals surface area contributed by atoms with E-state index in [2.05, 4.69) is 10.6 Å². The molecule has 19 nitrogen and oxygen atoms in total. The van der Waals surface area contributed by atoms with Crippen molar-refractivity contribution in [3.8, 4) is 11.3 Å². The minimum atomic E-state index is -0.825. The third kappa shape index (κ3) is 17.9. The number of nitrogens with two attached hydrogens (primary N) is 1. The lowest BCUT2D eigenvalue weighted by atomic mass is 9.84. The zero-order valence-corrected chi connectivity index (χ0v) is 42.5. The number of thioether (sulfide) groups is 1. The van der Waals surface area contributed by atoms with Gasteiger partial charge in [-0.05, 0) is 60.2 Å². The van der Waals surface area contributed by atoms with Gasteiger partial charge < -0.3 is 45.2 Å². The zero-order chi connectivity index (χ0) is 52.9. The molecule has 0 saturated carbocycles. The summed E-state index contributed by atoms with van der Waals surface area (Å²) in [5.41, 5.74) is 6.58. The van der Waals surface area contributed by atoms with Gasteiger partial charge in [0, 0.05) is 95.7 Å². The Morgan fingerprint density at radius 2 is 1.45 bits per heavy atom. The Labute approximate surface area is 428 Å². The number of likely N-dealkylation sites (tertiary alicyclic amines) is 1. The highest BCUT2D eigenvalue weighted by molar-refractivity contribution is 8.00. The van der Waals surface area contributed by atoms with Crippen LogP contribution >= 0.6 is 11.8 Å². The Morgan fingerprint density at radius 1 is 0.863 bits per heavy atom. The van der Waals surface area contributed by atoms with Crippen LogP contribution in [0, 0.1) is 23.0 Å². The number of aliphatic hydroxyl groups excluding tert-OH is 1. The van der Waals surface area contributed by atoms with Crippen LogP contribution in [-0.2, 0) is 54.3 Å². The van der Waals surface area contributed by atoms with Gasteiger partial charge in [0.25, 0.3) is 11.8 Å². The number of imide groups is 2. The lowest BCUT2D eigenvalue weighted by molar-refractivity contribution is -0.141. The molecular weight excluding hydrogens is 971 g/mol. The molecule has 0 spiro atoms. The van der Waals surface area contributed by atoms with Crippen molar-refractivity contribution in [2.45, 2.75) is 70.7 Å². The molecule has 2 aromatic carbocycles.